The summed E-state index contributed by atoms with van der Waals surface area (Å²) in [5.74, 6) is -0.202. The number of para-hydroxylation sites is 2. The smallest absolute Gasteiger partial charge is 0.131 e. The van der Waals surface area contributed by atoms with Crippen LogP contribution in [0.1, 0.15) is 0 Å². The summed E-state index contributed by atoms with van der Waals surface area (Å²) < 4.78 is 14.9. The Morgan fingerprint density at radius 2 is 1.03 bits per heavy atom. The van der Waals surface area contributed by atoms with Crippen molar-refractivity contribution in [3.63, 3.8) is 0 Å². The van der Waals surface area contributed by atoms with Crippen molar-refractivity contribution in [1.82, 2.24) is 9.97 Å². The van der Waals surface area contributed by atoms with Crippen LogP contribution in [0.5, 0.6) is 0 Å². The highest BCUT2D eigenvalue weighted by molar-refractivity contribution is 6.26. The van der Waals surface area contributed by atoms with Crippen molar-refractivity contribution in [1.29, 1.82) is 0 Å². The van der Waals surface area contributed by atoms with Gasteiger partial charge in [-0.2, -0.15) is 0 Å². The average molecular weight is 490 g/mol. The standard InChI is InChI=1S/C34H20FN3/c35-29-15-11-21-10-14-28-32(16-12-22-9-13-27(29)33(21)34(22)28)38(25-17-23-5-1-3-7-30(23)36-19-25)26-18-24-6-2-4-8-31(24)37-20-26/h1-20H. The average Bonchev–Trinajstić information content (AvgIpc) is 2.97. The molecule has 178 valence electrons. The lowest BCUT2D eigenvalue weighted by Crippen LogP contribution is -2.11. The molecule has 0 aliphatic heterocycles. The maximum atomic E-state index is 14.9. The minimum Gasteiger partial charge on any atom is -0.307 e. The minimum atomic E-state index is -0.202. The lowest BCUT2D eigenvalue weighted by atomic mass is 9.93. The second-order valence-electron chi connectivity index (χ2n) is 9.66. The minimum absolute atomic E-state index is 0.202. The monoisotopic (exact) mass is 489 g/mol. The normalized spacial score (nSPS) is 11.8. The summed E-state index contributed by atoms with van der Waals surface area (Å²) >= 11 is 0. The molecule has 0 unspecified atom stereocenters. The second-order valence-corrected chi connectivity index (χ2v) is 9.66. The molecule has 0 saturated heterocycles. The van der Waals surface area contributed by atoms with Gasteiger partial charge in [-0.1, -0.05) is 72.8 Å². The van der Waals surface area contributed by atoms with Crippen LogP contribution in [0.2, 0.25) is 0 Å². The van der Waals surface area contributed by atoms with Crippen molar-refractivity contribution in [2.45, 2.75) is 0 Å². The molecule has 0 aliphatic rings. The van der Waals surface area contributed by atoms with Crippen LogP contribution in [0.25, 0.3) is 54.1 Å². The van der Waals surface area contributed by atoms with E-state index < -0.39 is 0 Å². The first-order valence-corrected chi connectivity index (χ1v) is 12.6. The Bertz CT molecular complexity index is 2090. The van der Waals surface area contributed by atoms with Crippen LogP contribution in [-0.2, 0) is 0 Å². The largest absolute Gasteiger partial charge is 0.307 e. The molecule has 38 heavy (non-hydrogen) atoms. The quantitative estimate of drug-likeness (QED) is 0.232. The van der Waals surface area contributed by atoms with Gasteiger partial charge in [-0.05, 0) is 52.6 Å². The van der Waals surface area contributed by atoms with Crippen molar-refractivity contribution in [3.8, 4) is 0 Å². The number of fused-ring (bicyclic) bond motifs is 2. The highest BCUT2D eigenvalue weighted by Crippen LogP contribution is 2.44. The van der Waals surface area contributed by atoms with Crippen molar-refractivity contribution >= 4 is 71.2 Å². The maximum absolute atomic E-state index is 14.9. The molecular weight excluding hydrogens is 469 g/mol. The van der Waals surface area contributed by atoms with Gasteiger partial charge in [0.25, 0.3) is 0 Å². The highest BCUT2D eigenvalue weighted by Gasteiger charge is 2.20. The number of hydrogen-bond donors (Lipinski definition) is 0. The number of anilines is 3. The maximum Gasteiger partial charge on any atom is 0.131 e. The van der Waals surface area contributed by atoms with Gasteiger partial charge in [0.1, 0.15) is 5.82 Å². The summed E-state index contributed by atoms with van der Waals surface area (Å²) in [7, 11) is 0. The molecule has 0 fully saturated rings. The molecule has 2 heterocycles. The van der Waals surface area contributed by atoms with Gasteiger partial charge in [0.05, 0.1) is 40.5 Å². The van der Waals surface area contributed by atoms with Gasteiger partial charge in [0.15, 0.2) is 0 Å². The Morgan fingerprint density at radius 1 is 0.500 bits per heavy atom. The van der Waals surface area contributed by atoms with Gasteiger partial charge >= 0.3 is 0 Å². The molecule has 6 aromatic carbocycles. The lowest BCUT2D eigenvalue weighted by molar-refractivity contribution is 0.640. The predicted octanol–water partition coefficient (Wildman–Crippen LogP) is 9.29. The van der Waals surface area contributed by atoms with Gasteiger partial charge in [-0.3, -0.25) is 9.97 Å². The zero-order valence-electron chi connectivity index (χ0n) is 20.3. The Labute approximate surface area is 217 Å². The molecular formula is C34H20FN3. The van der Waals surface area contributed by atoms with E-state index in [0.717, 1.165) is 65.8 Å². The van der Waals surface area contributed by atoms with Crippen molar-refractivity contribution in [2.75, 3.05) is 4.90 Å². The lowest BCUT2D eigenvalue weighted by Gasteiger charge is -2.27. The van der Waals surface area contributed by atoms with Gasteiger partial charge < -0.3 is 4.90 Å². The van der Waals surface area contributed by atoms with E-state index in [1.807, 2.05) is 67.0 Å². The number of halogens is 1. The van der Waals surface area contributed by atoms with E-state index in [9.17, 15) is 4.39 Å². The van der Waals surface area contributed by atoms with E-state index >= 15 is 0 Å². The molecule has 0 amide bonds. The molecule has 3 nitrogen and oxygen atoms in total. The Morgan fingerprint density at radius 3 is 1.68 bits per heavy atom. The molecule has 0 spiro atoms. The first-order chi connectivity index (χ1) is 18.7. The molecule has 2 aromatic heterocycles. The van der Waals surface area contributed by atoms with Crippen LogP contribution < -0.4 is 4.90 Å². The van der Waals surface area contributed by atoms with Gasteiger partial charge in [0.2, 0.25) is 0 Å². The van der Waals surface area contributed by atoms with E-state index in [1.165, 1.54) is 0 Å². The molecule has 8 aromatic rings. The van der Waals surface area contributed by atoms with Gasteiger partial charge in [0, 0.05) is 26.9 Å². The highest BCUT2D eigenvalue weighted by atomic mass is 19.1. The van der Waals surface area contributed by atoms with Gasteiger partial charge in [-0.15, -0.1) is 0 Å². The van der Waals surface area contributed by atoms with Crippen LogP contribution in [0, 0.1) is 5.82 Å². The predicted molar refractivity (Wildman–Crippen MR) is 155 cm³/mol. The van der Waals surface area contributed by atoms with E-state index in [0.29, 0.717) is 5.39 Å². The zero-order chi connectivity index (χ0) is 25.2. The number of hydrogen-bond acceptors (Lipinski definition) is 3. The van der Waals surface area contributed by atoms with Crippen LogP contribution in [0.3, 0.4) is 0 Å². The molecule has 8 rings (SSSR count). The molecule has 0 saturated carbocycles. The fourth-order valence-corrected chi connectivity index (χ4v) is 5.74. The summed E-state index contributed by atoms with van der Waals surface area (Å²) in [5.41, 5.74) is 4.74. The summed E-state index contributed by atoms with van der Waals surface area (Å²) in [6.45, 7) is 0. The van der Waals surface area contributed by atoms with E-state index in [2.05, 4.69) is 53.4 Å². The SMILES string of the molecule is Fc1ccc2ccc3c(N(c4cnc5ccccc5c4)c4cnc5ccccc5c4)ccc4ccc1c2c43. The molecule has 0 radical (unpaired) electrons. The number of rotatable bonds is 3. The first-order valence-electron chi connectivity index (χ1n) is 12.6. The third-order valence-corrected chi connectivity index (χ3v) is 7.50. The number of nitrogens with zero attached hydrogens (tertiary/aromatic N) is 3. The number of aromatic nitrogens is 2. The molecule has 0 N–H and O–H groups in total. The summed E-state index contributed by atoms with van der Waals surface area (Å²) in [6, 6.07) is 36.4. The van der Waals surface area contributed by atoms with E-state index in [1.54, 1.807) is 6.07 Å². The number of pyridine rings is 2. The summed E-state index contributed by atoms with van der Waals surface area (Å²) in [6.07, 6.45) is 3.82. The number of benzene rings is 6. The fourth-order valence-electron chi connectivity index (χ4n) is 5.74. The van der Waals surface area contributed by atoms with Crippen LogP contribution in [-0.4, -0.2) is 9.97 Å². The zero-order valence-corrected chi connectivity index (χ0v) is 20.3. The summed E-state index contributed by atoms with van der Waals surface area (Å²) in [5, 5.41) is 7.94. The summed E-state index contributed by atoms with van der Waals surface area (Å²) in [4.78, 5) is 11.8. The molecule has 4 heteroatoms. The van der Waals surface area contributed by atoms with Crippen molar-refractivity contribution in [2.24, 2.45) is 0 Å². The topological polar surface area (TPSA) is 29.0 Å². The third kappa shape index (κ3) is 3.07. The first kappa shape index (κ1) is 21.0. The van der Waals surface area contributed by atoms with E-state index in [4.69, 9.17) is 9.97 Å². The fraction of sp³-hybridized carbons (Fsp3) is 0. The third-order valence-electron chi connectivity index (χ3n) is 7.50. The Balaban J connectivity index is 1.47. The Hall–Kier alpha value is -5.09. The van der Waals surface area contributed by atoms with Crippen molar-refractivity contribution in [3.05, 3.63) is 127 Å². The van der Waals surface area contributed by atoms with Crippen molar-refractivity contribution < 1.29 is 4.39 Å². The van der Waals surface area contributed by atoms with Gasteiger partial charge in [-0.25, -0.2) is 4.39 Å². The van der Waals surface area contributed by atoms with Crippen LogP contribution >= 0.6 is 0 Å². The van der Waals surface area contributed by atoms with Crippen LogP contribution in [0.15, 0.2) is 122 Å². The Kier molecular flexibility index (Phi) is 4.40. The van der Waals surface area contributed by atoms with Crippen LogP contribution in [0.4, 0.5) is 21.5 Å². The second kappa shape index (κ2) is 7.95. The molecule has 0 aliphatic carbocycles. The molecule has 0 atom stereocenters. The molecule has 0 bridgehead atoms. The van der Waals surface area contributed by atoms with E-state index in [-0.39, 0.29) is 5.82 Å².